The molecule has 1 unspecified atom stereocenters. The molecule has 0 spiro atoms. The zero-order chi connectivity index (χ0) is 25.3. The SMILES string of the molecule is COc1ccc(S(=O)(=O)N2CC(C)N(S(=O)(=O)c3ccc(OC)c(OC)c3)[C@H](C)C2)cc1OC. The van der Waals surface area contributed by atoms with Gasteiger partial charge < -0.3 is 18.9 Å². The van der Waals surface area contributed by atoms with Crippen LogP contribution in [0.5, 0.6) is 23.0 Å². The van der Waals surface area contributed by atoms with Crippen molar-refractivity contribution >= 4 is 20.0 Å². The van der Waals surface area contributed by atoms with Crippen LogP contribution in [-0.2, 0) is 20.0 Å². The summed E-state index contributed by atoms with van der Waals surface area (Å²) in [6.45, 7) is 3.36. The third-order valence-corrected chi connectivity index (χ3v) is 9.68. The van der Waals surface area contributed by atoms with Gasteiger partial charge in [0.25, 0.3) is 0 Å². The van der Waals surface area contributed by atoms with E-state index in [1.807, 2.05) is 0 Å². The molecular weight excluding hydrogens is 484 g/mol. The standard InChI is InChI=1S/C22H30N2O8S2/c1-15-13-23(33(25,26)17-7-9-19(29-3)21(11-17)31-5)14-16(2)24(15)34(27,28)18-8-10-20(30-4)22(12-18)32-6/h7-12,15-16H,13-14H2,1-6H3/t15-,16?/m1/s1. The summed E-state index contributed by atoms with van der Waals surface area (Å²) in [4.78, 5) is 0.0841. The fourth-order valence-corrected chi connectivity index (χ4v) is 7.59. The lowest BCUT2D eigenvalue weighted by atomic mass is 10.2. The lowest BCUT2D eigenvalue weighted by Gasteiger charge is -2.42. The highest BCUT2D eigenvalue weighted by atomic mass is 32.2. The number of ether oxygens (including phenoxy) is 4. The smallest absolute Gasteiger partial charge is 0.243 e. The Kier molecular flexibility index (Phi) is 7.65. The molecule has 1 fully saturated rings. The van der Waals surface area contributed by atoms with Crippen LogP contribution < -0.4 is 18.9 Å². The van der Waals surface area contributed by atoms with Crippen molar-refractivity contribution in [2.45, 2.75) is 35.7 Å². The van der Waals surface area contributed by atoms with E-state index in [0.29, 0.717) is 23.0 Å². The van der Waals surface area contributed by atoms with Gasteiger partial charge in [-0.25, -0.2) is 16.8 Å². The Morgan fingerprint density at radius 2 is 1.03 bits per heavy atom. The van der Waals surface area contributed by atoms with Gasteiger partial charge in [0.15, 0.2) is 23.0 Å². The van der Waals surface area contributed by atoms with E-state index in [4.69, 9.17) is 18.9 Å². The number of hydrogen-bond acceptors (Lipinski definition) is 8. The molecular formula is C22H30N2O8S2. The average molecular weight is 515 g/mol. The second kappa shape index (κ2) is 9.98. The van der Waals surface area contributed by atoms with Crippen LogP contribution in [0.15, 0.2) is 46.2 Å². The molecule has 0 aromatic heterocycles. The molecule has 1 saturated heterocycles. The molecule has 0 N–H and O–H groups in total. The summed E-state index contributed by atoms with van der Waals surface area (Å²) < 4.78 is 77.2. The first-order valence-electron chi connectivity index (χ1n) is 10.5. The van der Waals surface area contributed by atoms with Gasteiger partial charge in [-0.05, 0) is 38.1 Å². The molecule has 0 bridgehead atoms. The monoisotopic (exact) mass is 514 g/mol. The van der Waals surface area contributed by atoms with Gasteiger partial charge in [-0.1, -0.05) is 0 Å². The molecule has 0 amide bonds. The van der Waals surface area contributed by atoms with Gasteiger partial charge in [0.2, 0.25) is 20.0 Å². The molecule has 34 heavy (non-hydrogen) atoms. The Labute approximate surface area is 201 Å². The summed E-state index contributed by atoms with van der Waals surface area (Å²) in [5.41, 5.74) is 0. The van der Waals surface area contributed by atoms with Gasteiger partial charge in [-0.15, -0.1) is 0 Å². The number of piperazine rings is 1. The number of sulfonamides is 2. The van der Waals surface area contributed by atoms with Gasteiger partial charge >= 0.3 is 0 Å². The van der Waals surface area contributed by atoms with Crippen molar-refractivity contribution in [1.29, 1.82) is 0 Å². The van der Waals surface area contributed by atoms with E-state index >= 15 is 0 Å². The lowest BCUT2D eigenvalue weighted by molar-refractivity contribution is 0.159. The van der Waals surface area contributed by atoms with Crippen molar-refractivity contribution in [2.24, 2.45) is 0 Å². The van der Waals surface area contributed by atoms with E-state index in [2.05, 4.69) is 0 Å². The first-order chi connectivity index (χ1) is 16.0. The van der Waals surface area contributed by atoms with E-state index in [1.54, 1.807) is 13.8 Å². The maximum absolute atomic E-state index is 13.5. The molecule has 0 radical (unpaired) electrons. The van der Waals surface area contributed by atoms with E-state index in [0.717, 1.165) is 0 Å². The van der Waals surface area contributed by atoms with Crippen LogP contribution in [0.3, 0.4) is 0 Å². The van der Waals surface area contributed by atoms with Crippen LogP contribution in [0.2, 0.25) is 0 Å². The molecule has 2 aromatic rings. The Hall–Kier alpha value is -2.54. The van der Waals surface area contributed by atoms with E-state index < -0.39 is 32.1 Å². The largest absolute Gasteiger partial charge is 0.493 e. The van der Waals surface area contributed by atoms with E-state index in [1.165, 1.54) is 73.4 Å². The van der Waals surface area contributed by atoms with Crippen molar-refractivity contribution < 1.29 is 35.8 Å². The summed E-state index contributed by atoms with van der Waals surface area (Å²) in [5.74, 6) is 1.40. The molecule has 2 atom stereocenters. The van der Waals surface area contributed by atoms with Crippen molar-refractivity contribution in [1.82, 2.24) is 8.61 Å². The minimum atomic E-state index is -3.93. The Balaban J connectivity index is 1.91. The Morgan fingerprint density at radius 3 is 1.41 bits per heavy atom. The van der Waals surface area contributed by atoms with Gasteiger partial charge in [-0.3, -0.25) is 0 Å². The van der Waals surface area contributed by atoms with Crippen LogP contribution in [0.4, 0.5) is 0 Å². The van der Waals surface area contributed by atoms with Gasteiger partial charge in [-0.2, -0.15) is 8.61 Å². The molecule has 1 aliphatic heterocycles. The highest BCUT2D eigenvalue weighted by Gasteiger charge is 2.42. The summed E-state index contributed by atoms with van der Waals surface area (Å²) in [7, 11) is -2.04. The summed E-state index contributed by atoms with van der Waals surface area (Å²) in [5, 5.41) is 0. The second-order valence-corrected chi connectivity index (χ2v) is 11.7. The zero-order valence-electron chi connectivity index (χ0n) is 20.0. The van der Waals surface area contributed by atoms with Crippen LogP contribution in [-0.4, -0.2) is 79.1 Å². The second-order valence-electron chi connectivity index (χ2n) is 7.89. The van der Waals surface area contributed by atoms with Gasteiger partial charge in [0, 0.05) is 37.3 Å². The predicted molar refractivity (Wildman–Crippen MR) is 126 cm³/mol. The number of rotatable bonds is 8. The first kappa shape index (κ1) is 26.1. The maximum Gasteiger partial charge on any atom is 0.243 e. The van der Waals surface area contributed by atoms with Crippen LogP contribution >= 0.6 is 0 Å². The van der Waals surface area contributed by atoms with Crippen molar-refractivity contribution in [3.05, 3.63) is 36.4 Å². The zero-order valence-corrected chi connectivity index (χ0v) is 21.6. The molecule has 188 valence electrons. The molecule has 12 heteroatoms. The third kappa shape index (κ3) is 4.67. The Bertz CT molecular complexity index is 1240. The average Bonchev–Trinajstić information content (AvgIpc) is 2.82. The highest BCUT2D eigenvalue weighted by molar-refractivity contribution is 7.89. The van der Waals surface area contributed by atoms with Gasteiger partial charge in [0.05, 0.1) is 38.2 Å². The maximum atomic E-state index is 13.5. The van der Waals surface area contributed by atoms with Crippen LogP contribution in [0.25, 0.3) is 0 Å². The third-order valence-electron chi connectivity index (χ3n) is 5.73. The molecule has 3 rings (SSSR count). The number of hydrogen-bond donors (Lipinski definition) is 0. The van der Waals surface area contributed by atoms with E-state index in [-0.39, 0.29) is 22.9 Å². The number of nitrogens with zero attached hydrogens (tertiary/aromatic N) is 2. The fraction of sp³-hybridized carbons (Fsp3) is 0.455. The lowest BCUT2D eigenvalue weighted by Crippen LogP contribution is -2.59. The summed E-state index contributed by atoms with van der Waals surface area (Å²) in [6.07, 6.45) is 0. The van der Waals surface area contributed by atoms with E-state index in [9.17, 15) is 16.8 Å². The van der Waals surface area contributed by atoms with Crippen molar-refractivity contribution in [2.75, 3.05) is 41.5 Å². The molecule has 0 saturated carbocycles. The normalized spacial score (nSPS) is 20.1. The molecule has 1 heterocycles. The minimum Gasteiger partial charge on any atom is -0.493 e. The number of methoxy groups -OCH3 is 4. The molecule has 2 aromatic carbocycles. The summed E-state index contributed by atoms with van der Waals surface area (Å²) in [6, 6.07) is 7.52. The topological polar surface area (TPSA) is 112 Å². The Morgan fingerprint density at radius 1 is 0.647 bits per heavy atom. The number of benzene rings is 2. The van der Waals surface area contributed by atoms with Crippen LogP contribution in [0, 0.1) is 0 Å². The van der Waals surface area contributed by atoms with Crippen molar-refractivity contribution in [3.8, 4) is 23.0 Å². The fourth-order valence-electron chi connectivity index (χ4n) is 4.15. The predicted octanol–water partition coefficient (Wildman–Crippen LogP) is 2.19. The van der Waals surface area contributed by atoms with Gasteiger partial charge in [0.1, 0.15) is 0 Å². The van der Waals surface area contributed by atoms with Crippen LogP contribution in [0.1, 0.15) is 13.8 Å². The summed E-state index contributed by atoms with van der Waals surface area (Å²) >= 11 is 0. The first-order valence-corrected chi connectivity index (χ1v) is 13.4. The van der Waals surface area contributed by atoms with Crippen molar-refractivity contribution in [3.63, 3.8) is 0 Å². The minimum absolute atomic E-state index is 0.00641. The highest BCUT2D eigenvalue weighted by Crippen LogP contribution is 2.35. The molecule has 0 aliphatic carbocycles. The quantitative estimate of drug-likeness (QED) is 0.527. The molecule has 1 aliphatic rings. The molecule has 10 nitrogen and oxygen atoms in total.